The lowest BCUT2D eigenvalue weighted by Gasteiger charge is -2.41. The van der Waals surface area contributed by atoms with Gasteiger partial charge in [0.15, 0.2) is 0 Å². The van der Waals surface area contributed by atoms with Crippen LogP contribution in [0, 0.1) is 5.92 Å². The van der Waals surface area contributed by atoms with E-state index in [4.69, 9.17) is 4.98 Å². The predicted octanol–water partition coefficient (Wildman–Crippen LogP) is 3.24. The summed E-state index contributed by atoms with van der Waals surface area (Å²) in [6.45, 7) is 9.03. The van der Waals surface area contributed by atoms with Crippen molar-refractivity contribution < 1.29 is 13.5 Å². The van der Waals surface area contributed by atoms with E-state index in [0.717, 1.165) is 65.2 Å². The Morgan fingerprint density at radius 1 is 1.17 bits per heavy atom. The van der Waals surface area contributed by atoms with Gasteiger partial charge in [-0.1, -0.05) is 12.6 Å². The van der Waals surface area contributed by atoms with E-state index in [2.05, 4.69) is 31.7 Å². The van der Waals surface area contributed by atoms with Crippen LogP contribution in [0.1, 0.15) is 25.3 Å². The quantitative estimate of drug-likeness (QED) is 0.497. The van der Waals surface area contributed by atoms with Gasteiger partial charge in [-0.15, -0.1) is 0 Å². The number of rotatable bonds is 7. The SMILES string of the molecule is C=C(C)c1ccc(N2CC(CS(C)(=O)=O)C2)c2cnc(Nc3ccnc(N4CCC(O)CC4)c3)nc12. The fourth-order valence-electron chi connectivity index (χ4n) is 4.98. The molecule has 0 amide bonds. The Hall–Kier alpha value is -3.24. The van der Waals surface area contributed by atoms with E-state index in [0.29, 0.717) is 19.0 Å². The highest BCUT2D eigenvalue weighted by Gasteiger charge is 2.31. The normalized spacial score (nSPS) is 17.3. The van der Waals surface area contributed by atoms with Gasteiger partial charge in [0.05, 0.1) is 17.4 Å². The smallest absolute Gasteiger partial charge is 0.227 e. The Morgan fingerprint density at radius 3 is 2.61 bits per heavy atom. The third-order valence-corrected chi connectivity index (χ3v) is 7.89. The molecule has 0 unspecified atom stereocenters. The number of fused-ring (bicyclic) bond motifs is 1. The van der Waals surface area contributed by atoms with Gasteiger partial charge in [0.2, 0.25) is 5.95 Å². The van der Waals surface area contributed by atoms with Gasteiger partial charge >= 0.3 is 0 Å². The summed E-state index contributed by atoms with van der Waals surface area (Å²) in [6, 6.07) is 7.93. The van der Waals surface area contributed by atoms with Crippen LogP contribution >= 0.6 is 0 Å². The first-order chi connectivity index (χ1) is 17.2. The minimum Gasteiger partial charge on any atom is -0.393 e. The molecule has 4 heterocycles. The van der Waals surface area contributed by atoms with Gasteiger partial charge in [0.1, 0.15) is 15.7 Å². The summed E-state index contributed by atoms with van der Waals surface area (Å²) in [5.41, 5.74) is 4.51. The van der Waals surface area contributed by atoms with Crippen LogP contribution in [0.25, 0.3) is 16.5 Å². The van der Waals surface area contributed by atoms with Gasteiger partial charge in [-0.25, -0.2) is 23.4 Å². The van der Waals surface area contributed by atoms with Gasteiger partial charge in [-0.05, 0) is 37.5 Å². The van der Waals surface area contributed by atoms with Crippen LogP contribution in [0.4, 0.5) is 23.1 Å². The maximum atomic E-state index is 11.6. The van der Waals surface area contributed by atoms with Crippen LogP contribution in [0.2, 0.25) is 0 Å². The number of sulfone groups is 1. The fraction of sp³-hybridized carbons (Fsp3) is 0.423. The van der Waals surface area contributed by atoms with Crippen LogP contribution in [0.5, 0.6) is 0 Å². The first-order valence-electron chi connectivity index (χ1n) is 12.2. The van der Waals surface area contributed by atoms with Crippen LogP contribution < -0.4 is 15.1 Å². The van der Waals surface area contributed by atoms with E-state index < -0.39 is 9.84 Å². The van der Waals surface area contributed by atoms with Crippen molar-refractivity contribution in [1.29, 1.82) is 0 Å². The summed E-state index contributed by atoms with van der Waals surface area (Å²) in [4.78, 5) is 18.3. The molecular formula is C26H32N6O3S. The van der Waals surface area contributed by atoms with Gasteiger partial charge in [-0.2, -0.15) is 0 Å². The molecule has 0 saturated carbocycles. The van der Waals surface area contributed by atoms with E-state index in [1.807, 2.05) is 37.4 Å². The number of piperidine rings is 1. The van der Waals surface area contributed by atoms with Crippen molar-refractivity contribution in [1.82, 2.24) is 15.0 Å². The number of nitrogens with zero attached hydrogens (tertiary/aromatic N) is 5. The van der Waals surface area contributed by atoms with Crippen molar-refractivity contribution in [2.24, 2.45) is 5.92 Å². The fourth-order valence-corrected chi connectivity index (χ4v) is 6.05. The average Bonchev–Trinajstić information content (AvgIpc) is 2.80. The second-order valence-corrected chi connectivity index (χ2v) is 12.2. The summed E-state index contributed by atoms with van der Waals surface area (Å²) < 4.78 is 23.3. The molecule has 0 radical (unpaired) electrons. The molecule has 2 aromatic heterocycles. The molecule has 3 aromatic rings. The first kappa shape index (κ1) is 24.5. The number of pyridine rings is 1. The minimum atomic E-state index is -2.99. The molecule has 2 aliphatic rings. The number of anilines is 4. The second kappa shape index (κ2) is 9.67. The number of benzene rings is 1. The summed E-state index contributed by atoms with van der Waals surface area (Å²) in [6.07, 6.45) is 6.12. The zero-order valence-corrected chi connectivity index (χ0v) is 21.5. The van der Waals surface area contributed by atoms with E-state index in [9.17, 15) is 13.5 Å². The zero-order valence-electron chi connectivity index (χ0n) is 20.7. The molecule has 1 aromatic carbocycles. The summed E-state index contributed by atoms with van der Waals surface area (Å²) in [5, 5.41) is 14.0. The third kappa shape index (κ3) is 5.29. The molecule has 190 valence electrons. The van der Waals surface area contributed by atoms with Crippen LogP contribution in [0.3, 0.4) is 0 Å². The lowest BCUT2D eigenvalue weighted by Crippen LogP contribution is -2.49. The van der Waals surface area contributed by atoms with Crippen LogP contribution in [0.15, 0.2) is 43.2 Å². The Labute approximate surface area is 211 Å². The van der Waals surface area contributed by atoms with Crippen molar-refractivity contribution in [3.63, 3.8) is 0 Å². The Morgan fingerprint density at radius 2 is 1.92 bits per heavy atom. The van der Waals surface area contributed by atoms with E-state index in [1.54, 1.807) is 6.20 Å². The molecule has 2 aliphatic heterocycles. The Bertz CT molecular complexity index is 1400. The average molecular weight is 509 g/mol. The Balaban J connectivity index is 1.40. The molecule has 0 aliphatic carbocycles. The number of hydrogen-bond donors (Lipinski definition) is 2. The monoisotopic (exact) mass is 508 g/mol. The van der Waals surface area contributed by atoms with Crippen molar-refractivity contribution >= 4 is 49.5 Å². The van der Waals surface area contributed by atoms with Gasteiger partial charge in [-0.3, -0.25) is 0 Å². The molecular weight excluding hydrogens is 476 g/mol. The molecule has 2 saturated heterocycles. The summed E-state index contributed by atoms with van der Waals surface area (Å²) in [5.74, 6) is 1.69. The predicted molar refractivity (Wildman–Crippen MR) is 145 cm³/mol. The zero-order chi connectivity index (χ0) is 25.4. The number of allylic oxidation sites excluding steroid dienone is 1. The molecule has 0 atom stereocenters. The number of aromatic nitrogens is 3. The van der Waals surface area contributed by atoms with E-state index in [-0.39, 0.29) is 17.8 Å². The number of aliphatic hydroxyl groups is 1. The highest BCUT2D eigenvalue weighted by Crippen LogP contribution is 2.35. The summed E-state index contributed by atoms with van der Waals surface area (Å²) in [7, 11) is -2.99. The van der Waals surface area contributed by atoms with Gasteiger partial charge in [0, 0.05) is 79.1 Å². The van der Waals surface area contributed by atoms with Crippen molar-refractivity contribution in [2.45, 2.75) is 25.9 Å². The van der Waals surface area contributed by atoms with Crippen molar-refractivity contribution in [2.75, 3.05) is 53.3 Å². The number of hydrogen-bond acceptors (Lipinski definition) is 9. The van der Waals surface area contributed by atoms with Crippen molar-refractivity contribution in [3.05, 3.63) is 48.8 Å². The van der Waals surface area contributed by atoms with Gasteiger partial charge in [0.25, 0.3) is 0 Å². The Kier molecular flexibility index (Phi) is 6.57. The van der Waals surface area contributed by atoms with Gasteiger partial charge < -0.3 is 20.2 Å². The molecule has 0 spiro atoms. The first-order valence-corrected chi connectivity index (χ1v) is 14.3. The van der Waals surface area contributed by atoms with Crippen LogP contribution in [-0.4, -0.2) is 72.8 Å². The van der Waals surface area contributed by atoms with Crippen LogP contribution in [-0.2, 0) is 9.84 Å². The highest BCUT2D eigenvalue weighted by atomic mass is 32.2. The highest BCUT2D eigenvalue weighted by molar-refractivity contribution is 7.90. The maximum Gasteiger partial charge on any atom is 0.227 e. The third-order valence-electron chi connectivity index (χ3n) is 6.81. The second-order valence-electron chi connectivity index (χ2n) is 9.98. The molecule has 2 N–H and O–H groups in total. The van der Waals surface area contributed by atoms with E-state index in [1.165, 1.54) is 6.26 Å². The van der Waals surface area contributed by atoms with Crippen molar-refractivity contribution in [3.8, 4) is 0 Å². The molecule has 36 heavy (non-hydrogen) atoms. The van der Waals surface area contributed by atoms with E-state index >= 15 is 0 Å². The minimum absolute atomic E-state index is 0.141. The lowest BCUT2D eigenvalue weighted by atomic mass is 9.98. The summed E-state index contributed by atoms with van der Waals surface area (Å²) >= 11 is 0. The number of nitrogens with one attached hydrogen (secondary N) is 1. The standard InChI is InChI=1S/C26H32N6O3S/c1-17(2)21-4-5-23(32-14-18(15-32)16-36(3,34)35)22-13-28-26(30-25(21)22)29-19-6-9-27-24(12-19)31-10-7-20(33)8-11-31/h4-6,9,12-13,18,20,33H,1,7-8,10-11,14-16H2,2-3H3,(H,27,28,29,30). The maximum absolute atomic E-state index is 11.6. The largest absolute Gasteiger partial charge is 0.393 e. The molecule has 5 rings (SSSR count). The molecule has 2 fully saturated rings. The topological polar surface area (TPSA) is 112 Å². The number of aliphatic hydroxyl groups excluding tert-OH is 1. The molecule has 0 bridgehead atoms. The molecule has 10 heteroatoms. The molecule has 9 nitrogen and oxygen atoms in total. The lowest BCUT2D eigenvalue weighted by molar-refractivity contribution is 0.145.